The van der Waals surface area contributed by atoms with Crippen LogP contribution in [0.2, 0.25) is 0 Å². The molecule has 0 aliphatic heterocycles. The van der Waals surface area contributed by atoms with Crippen LogP contribution >= 0.6 is 0 Å². The second-order valence-electron chi connectivity index (χ2n) is 2.82. The third kappa shape index (κ3) is 2.36. The largest absolute Gasteiger partial charge is 0.377 e. The van der Waals surface area contributed by atoms with Crippen LogP contribution in [0, 0.1) is 12.7 Å². The Hall–Kier alpha value is -1.22. The summed E-state index contributed by atoms with van der Waals surface area (Å²) in [7, 11) is 1.43. The number of Topliss-reactive ketones (excluding diaryl/α,β-unsaturated/α-hetero) is 1. The van der Waals surface area contributed by atoms with Crippen LogP contribution in [0.4, 0.5) is 4.39 Å². The number of hydrogen-bond donors (Lipinski definition) is 0. The van der Waals surface area contributed by atoms with Crippen molar-refractivity contribution in [3.8, 4) is 0 Å². The molecule has 0 heterocycles. The van der Waals surface area contributed by atoms with Gasteiger partial charge in [-0.15, -0.1) is 0 Å². The van der Waals surface area contributed by atoms with Crippen LogP contribution in [0.5, 0.6) is 0 Å². The Labute approximate surface area is 76.3 Å². The molecule has 0 radical (unpaired) electrons. The van der Waals surface area contributed by atoms with Gasteiger partial charge >= 0.3 is 0 Å². The van der Waals surface area contributed by atoms with Gasteiger partial charge in [-0.25, -0.2) is 4.39 Å². The number of aryl methyl sites for hydroxylation is 1. The Morgan fingerprint density at radius 3 is 2.77 bits per heavy atom. The number of ketones is 1. The maximum absolute atomic E-state index is 13.0. The highest BCUT2D eigenvalue weighted by Crippen LogP contribution is 2.09. The lowest BCUT2D eigenvalue weighted by atomic mass is 10.1. The van der Waals surface area contributed by atoms with Gasteiger partial charge < -0.3 is 4.74 Å². The van der Waals surface area contributed by atoms with Gasteiger partial charge in [0.2, 0.25) is 0 Å². The lowest BCUT2D eigenvalue weighted by Gasteiger charge is -2.01. The lowest BCUT2D eigenvalue weighted by molar-refractivity contribution is 0.0847. The fourth-order valence-electron chi connectivity index (χ4n) is 0.981. The smallest absolute Gasteiger partial charge is 0.188 e. The fourth-order valence-corrected chi connectivity index (χ4v) is 0.981. The highest BCUT2D eigenvalue weighted by atomic mass is 19.1. The van der Waals surface area contributed by atoms with E-state index in [0.717, 1.165) is 0 Å². The van der Waals surface area contributed by atoms with Crippen LogP contribution in [0.15, 0.2) is 18.2 Å². The van der Waals surface area contributed by atoms with E-state index in [9.17, 15) is 9.18 Å². The van der Waals surface area contributed by atoms with Crippen molar-refractivity contribution in [3.63, 3.8) is 0 Å². The van der Waals surface area contributed by atoms with E-state index >= 15 is 0 Å². The maximum Gasteiger partial charge on any atom is 0.188 e. The van der Waals surface area contributed by atoms with E-state index in [-0.39, 0.29) is 18.2 Å². The number of rotatable bonds is 3. The Balaban J connectivity index is 2.90. The molecule has 0 saturated carbocycles. The van der Waals surface area contributed by atoms with Crippen LogP contribution in [-0.4, -0.2) is 19.5 Å². The molecule has 70 valence electrons. The number of hydrogen-bond acceptors (Lipinski definition) is 2. The zero-order valence-electron chi connectivity index (χ0n) is 7.63. The Bertz CT molecular complexity index is 321. The van der Waals surface area contributed by atoms with Crippen molar-refractivity contribution in [2.24, 2.45) is 0 Å². The molecule has 0 aromatic heterocycles. The molecule has 13 heavy (non-hydrogen) atoms. The highest BCUT2D eigenvalue weighted by molar-refractivity contribution is 5.97. The van der Waals surface area contributed by atoms with Gasteiger partial charge in [0.25, 0.3) is 0 Å². The van der Waals surface area contributed by atoms with Crippen LogP contribution < -0.4 is 0 Å². The first-order valence-electron chi connectivity index (χ1n) is 3.93. The summed E-state index contributed by atoms with van der Waals surface area (Å²) in [6.07, 6.45) is 0. The first kappa shape index (κ1) is 9.86. The van der Waals surface area contributed by atoms with Crippen LogP contribution in [-0.2, 0) is 4.74 Å². The van der Waals surface area contributed by atoms with Gasteiger partial charge in [-0.2, -0.15) is 0 Å². The monoisotopic (exact) mass is 182 g/mol. The molecule has 0 spiro atoms. The van der Waals surface area contributed by atoms with Gasteiger partial charge in [0.05, 0.1) is 0 Å². The Morgan fingerprint density at radius 1 is 1.54 bits per heavy atom. The average Bonchev–Trinajstić information content (AvgIpc) is 2.10. The van der Waals surface area contributed by atoms with Gasteiger partial charge in [-0.3, -0.25) is 4.79 Å². The minimum atomic E-state index is -0.359. The second kappa shape index (κ2) is 4.14. The molecule has 0 atom stereocenters. The number of carbonyl (C=O) groups excluding carboxylic acids is 1. The van der Waals surface area contributed by atoms with Crippen molar-refractivity contribution in [3.05, 3.63) is 35.1 Å². The van der Waals surface area contributed by atoms with E-state index < -0.39 is 0 Å². The van der Waals surface area contributed by atoms with E-state index in [1.54, 1.807) is 19.1 Å². The number of ether oxygens (including phenoxy) is 1. The first-order chi connectivity index (χ1) is 6.15. The van der Waals surface area contributed by atoms with E-state index in [0.29, 0.717) is 11.1 Å². The molecule has 0 bridgehead atoms. The van der Waals surface area contributed by atoms with Crippen molar-refractivity contribution in [1.82, 2.24) is 0 Å². The lowest BCUT2D eigenvalue weighted by Crippen LogP contribution is -2.07. The van der Waals surface area contributed by atoms with Crippen molar-refractivity contribution >= 4 is 5.78 Å². The molecule has 2 nitrogen and oxygen atoms in total. The second-order valence-corrected chi connectivity index (χ2v) is 2.82. The molecule has 0 N–H and O–H groups in total. The minimum absolute atomic E-state index is 0.0114. The third-order valence-corrected chi connectivity index (χ3v) is 1.77. The predicted molar refractivity (Wildman–Crippen MR) is 47.3 cm³/mol. The van der Waals surface area contributed by atoms with Crippen LogP contribution in [0.3, 0.4) is 0 Å². The van der Waals surface area contributed by atoms with Gasteiger partial charge in [0, 0.05) is 12.7 Å². The summed E-state index contributed by atoms with van der Waals surface area (Å²) in [6, 6.07) is 4.41. The molecule has 1 aromatic carbocycles. The van der Waals surface area contributed by atoms with Gasteiger partial charge in [0.15, 0.2) is 5.78 Å². The minimum Gasteiger partial charge on any atom is -0.377 e. The zero-order chi connectivity index (χ0) is 9.84. The molecule has 3 heteroatoms. The number of carbonyl (C=O) groups is 1. The molecular formula is C10H11FO2. The molecule has 0 fully saturated rings. The summed E-state index contributed by atoms with van der Waals surface area (Å²) < 4.78 is 17.6. The predicted octanol–water partition coefficient (Wildman–Crippen LogP) is 1.96. The summed E-state index contributed by atoms with van der Waals surface area (Å²) >= 11 is 0. The number of halogens is 1. The Kier molecular flexibility index (Phi) is 3.14. The SMILES string of the molecule is COCC(=O)c1ccc(C)c(F)c1. The maximum atomic E-state index is 13.0. The summed E-state index contributed by atoms with van der Waals surface area (Å²) in [5.74, 6) is -0.566. The standard InChI is InChI=1S/C10H11FO2/c1-7-3-4-8(5-9(7)11)10(12)6-13-2/h3-5H,6H2,1-2H3. The summed E-state index contributed by atoms with van der Waals surface area (Å²) in [6.45, 7) is 1.64. The molecule has 0 aliphatic carbocycles. The average molecular weight is 182 g/mol. The first-order valence-corrected chi connectivity index (χ1v) is 3.93. The zero-order valence-corrected chi connectivity index (χ0v) is 7.63. The van der Waals surface area contributed by atoms with E-state index in [4.69, 9.17) is 0 Å². The molecule has 0 aliphatic rings. The van der Waals surface area contributed by atoms with Crippen molar-refractivity contribution in [2.45, 2.75) is 6.92 Å². The van der Waals surface area contributed by atoms with Gasteiger partial charge in [-0.05, 0) is 18.6 Å². The van der Waals surface area contributed by atoms with Crippen molar-refractivity contribution in [2.75, 3.05) is 13.7 Å². The molecular weight excluding hydrogens is 171 g/mol. The van der Waals surface area contributed by atoms with E-state index in [2.05, 4.69) is 4.74 Å². The summed E-state index contributed by atoms with van der Waals surface area (Å²) in [4.78, 5) is 11.2. The third-order valence-electron chi connectivity index (χ3n) is 1.77. The fraction of sp³-hybridized carbons (Fsp3) is 0.300. The number of methoxy groups -OCH3 is 1. The summed E-state index contributed by atoms with van der Waals surface area (Å²) in [5.41, 5.74) is 0.888. The molecule has 0 unspecified atom stereocenters. The van der Waals surface area contributed by atoms with Crippen molar-refractivity contribution in [1.29, 1.82) is 0 Å². The van der Waals surface area contributed by atoms with Crippen LogP contribution in [0.1, 0.15) is 15.9 Å². The molecule has 1 rings (SSSR count). The van der Waals surface area contributed by atoms with Crippen LogP contribution in [0.25, 0.3) is 0 Å². The van der Waals surface area contributed by atoms with E-state index in [1.807, 2.05) is 0 Å². The van der Waals surface area contributed by atoms with Gasteiger partial charge in [-0.1, -0.05) is 12.1 Å². The summed E-state index contributed by atoms with van der Waals surface area (Å²) in [5, 5.41) is 0. The van der Waals surface area contributed by atoms with Crippen molar-refractivity contribution < 1.29 is 13.9 Å². The normalized spacial score (nSPS) is 10.1. The van der Waals surface area contributed by atoms with Gasteiger partial charge in [0.1, 0.15) is 12.4 Å². The van der Waals surface area contributed by atoms with E-state index in [1.165, 1.54) is 13.2 Å². The quantitative estimate of drug-likeness (QED) is 0.668. The Morgan fingerprint density at radius 2 is 2.23 bits per heavy atom. The molecule has 0 amide bonds. The molecule has 0 saturated heterocycles. The molecule has 1 aromatic rings. The number of benzene rings is 1. The highest BCUT2D eigenvalue weighted by Gasteiger charge is 2.06. The topological polar surface area (TPSA) is 26.3 Å².